The summed E-state index contributed by atoms with van der Waals surface area (Å²) in [5.74, 6) is -0.320. The molecule has 1 aliphatic heterocycles. The number of aryl methyl sites for hydroxylation is 1. The first-order valence-corrected chi connectivity index (χ1v) is 12.9. The standard InChI is InChI=1S/C29H28N4O4S/c1-17-9-7-11-21(18(17)2)32-25(34)16-38-29-20(15-30)27(24-13-8-14-37-24)26(19(3)31-29)28(35)33-22-10-5-6-12-23(22)36-4/h5-14,27,31H,16H2,1-4H3,(H,32,34)(H,33,35). The number of hydrogen-bond donors (Lipinski definition) is 3. The van der Waals surface area contributed by atoms with Gasteiger partial charge in [-0.15, -0.1) is 0 Å². The molecule has 9 heteroatoms. The van der Waals surface area contributed by atoms with Crippen molar-refractivity contribution in [2.75, 3.05) is 23.5 Å². The average molecular weight is 529 g/mol. The molecule has 0 fully saturated rings. The number of benzene rings is 2. The van der Waals surface area contributed by atoms with Gasteiger partial charge < -0.3 is 25.1 Å². The van der Waals surface area contributed by atoms with Crippen LogP contribution in [0.25, 0.3) is 0 Å². The molecular formula is C29H28N4O4S. The van der Waals surface area contributed by atoms with Gasteiger partial charge in [0.2, 0.25) is 5.91 Å². The minimum Gasteiger partial charge on any atom is -0.495 e. The second kappa shape index (κ2) is 11.8. The molecule has 38 heavy (non-hydrogen) atoms. The molecule has 0 bridgehead atoms. The van der Waals surface area contributed by atoms with Gasteiger partial charge in [-0.1, -0.05) is 36.0 Å². The smallest absolute Gasteiger partial charge is 0.254 e. The number of para-hydroxylation sites is 2. The SMILES string of the molecule is COc1ccccc1NC(=O)C1=C(C)NC(SCC(=O)Nc2cccc(C)c2C)=C(C#N)C1c1ccco1. The van der Waals surface area contributed by atoms with Crippen molar-refractivity contribution < 1.29 is 18.7 Å². The lowest BCUT2D eigenvalue weighted by atomic mass is 9.85. The van der Waals surface area contributed by atoms with Crippen LogP contribution in [-0.4, -0.2) is 24.7 Å². The van der Waals surface area contributed by atoms with Crippen molar-refractivity contribution in [2.24, 2.45) is 0 Å². The molecular weight excluding hydrogens is 500 g/mol. The van der Waals surface area contributed by atoms with Crippen LogP contribution in [-0.2, 0) is 9.59 Å². The van der Waals surface area contributed by atoms with E-state index in [1.807, 2.05) is 38.1 Å². The molecule has 0 spiro atoms. The summed E-state index contributed by atoms with van der Waals surface area (Å²) in [6.07, 6.45) is 1.50. The van der Waals surface area contributed by atoms with Crippen LogP contribution in [0, 0.1) is 25.2 Å². The zero-order chi connectivity index (χ0) is 27.2. The van der Waals surface area contributed by atoms with Gasteiger partial charge in [0, 0.05) is 11.4 Å². The summed E-state index contributed by atoms with van der Waals surface area (Å²) in [5.41, 5.74) is 4.52. The zero-order valence-corrected chi connectivity index (χ0v) is 22.4. The number of nitrogens with one attached hydrogen (secondary N) is 3. The average Bonchev–Trinajstić information content (AvgIpc) is 3.44. The molecule has 3 N–H and O–H groups in total. The number of amides is 2. The maximum absolute atomic E-state index is 13.5. The topological polar surface area (TPSA) is 116 Å². The van der Waals surface area contributed by atoms with E-state index in [1.54, 1.807) is 37.3 Å². The van der Waals surface area contributed by atoms with Crippen LogP contribution in [0.3, 0.4) is 0 Å². The summed E-state index contributed by atoms with van der Waals surface area (Å²) in [6.45, 7) is 5.70. The van der Waals surface area contributed by atoms with Gasteiger partial charge in [0.05, 0.1) is 53.0 Å². The number of thioether (sulfide) groups is 1. The Hall–Kier alpha value is -4.42. The first-order chi connectivity index (χ1) is 18.3. The molecule has 0 saturated heterocycles. The number of furan rings is 1. The molecule has 0 saturated carbocycles. The van der Waals surface area contributed by atoms with Crippen LogP contribution in [0.1, 0.15) is 29.7 Å². The number of hydrogen-bond acceptors (Lipinski definition) is 7. The second-order valence-electron chi connectivity index (χ2n) is 8.71. The Bertz CT molecular complexity index is 1470. The molecule has 2 aromatic carbocycles. The van der Waals surface area contributed by atoms with Crippen LogP contribution < -0.4 is 20.7 Å². The fourth-order valence-electron chi connectivity index (χ4n) is 4.22. The Kier molecular flexibility index (Phi) is 8.24. The molecule has 3 aromatic rings. The highest BCUT2D eigenvalue weighted by molar-refractivity contribution is 8.03. The Balaban J connectivity index is 1.60. The third-order valence-electron chi connectivity index (χ3n) is 6.30. The third kappa shape index (κ3) is 5.61. The maximum Gasteiger partial charge on any atom is 0.254 e. The normalized spacial score (nSPS) is 15.0. The predicted molar refractivity (Wildman–Crippen MR) is 149 cm³/mol. The summed E-state index contributed by atoms with van der Waals surface area (Å²) in [4.78, 5) is 26.3. The molecule has 0 radical (unpaired) electrons. The van der Waals surface area contributed by atoms with Crippen LogP contribution in [0.4, 0.5) is 11.4 Å². The Morgan fingerprint density at radius 1 is 1.05 bits per heavy atom. The first kappa shape index (κ1) is 26.6. The van der Waals surface area contributed by atoms with Crippen molar-refractivity contribution in [1.82, 2.24) is 5.32 Å². The lowest BCUT2D eigenvalue weighted by Gasteiger charge is -2.28. The van der Waals surface area contributed by atoms with Gasteiger partial charge in [-0.2, -0.15) is 5.26 Å². The van der Waals surface area contributed by atoms with E-state index in [1.165, 1.54) is 25.1 Å². The number of anilines is 2. The zero-order valence-electron chi connectivity index (χ0n) is 21.5. The number of ether oxygens (including phenoxy) is 1. The van der Waals surface area contributed by atoms with E-state index in [-0.39, 0.29) is 11.7 Å². The number of methoxy groups -OCH3 is 1. The highest BCUT2D eigenvalue weighted by atomic mass is 32.2. The molecule has 1 aromatic heterocycles. The van der Waals surface area contributed by atoms with E-state index in [0.29, 0.717) is 39.1 Å². The molecule has 0 aliphatic carbocycles. The monoisotopic (exact) mass is 528 g/mol. The maximum atomic E-state index is 13.5. The number of allylic oxidation sites excluding steroid dienone is 2. The van der Waals surface area contributed by atoms with Crippen LogP contribution >= 0.6 is 11.8 Å². The molecule has 1 atom stereocenters. The van der Waals surface area contributed by atoms with Gasteiger partial charge in [0.25, 0.3) is 5.91 Å². The van der Waals surface area contributed by atoms with Gasteiger partial charge in [0.15, 0.2) is 0 Å². The fourth-order valence-corrected chi connectivity index (χ4v) is 5.11. The molecule has 1 aliphatic rings. The Morgan fingerprint density at radius 3 is 2.53 bits per heavy atom. The molecule has 194 valence electrons. The van der Waals surface area contributed by atoms with E-state index >= 15 is 0 Å². The van der Waals surface area contributed by atoms with Crippen LogP contribution in [0.2, 0.25) is 0 Å². The van der Waals surface area contributed by atoms with Crippen LogP contribution in [0.5, 0.6) is 5.75 Å². The van der Waals surface area contributed by atoms with E-state index in [2.05, 4.69) is 22.0 Å². The minimum atomic E-state index is -0.754. The van der Waals surface area contributed by atoms with Crippen molar-refractivity contribution in [2.45, 2.75) is 26.7 Å². The van der Waals surface area contributed by atoms with Crippen molar-refractivity contribution in [3.05, 3.63) is 99.6 Å². The van der Waals surface area contributed by atoms with E-state index in [9.17, 15) is 14.9 Å². The highest BCUT2D eigenvalue weighted by Gasteiger charge is 2.36. The largest absolute Gasteiger partial charge is 0.495 e. The Morgan fingerprint density at radius 2 is 1.82 bits per heavy atom. The molecule has 8 nitrogen and oxygen atoms in total. The van der Waals surface area contributed by atoms with Gasteiger partial charge in [-0.25, -0.2) is 0 Å². The van der Waals surface area contributed by atoms with E-state index < -0.39 is 11.8 Å². The summed E-state index contributed by atoms with van der Waals surface area (Å²) < 4.78 is 11.0. The Labute approximate surface area is 225 Å². The number of carbonyl (C=O) groups excluding carboxylic acids is 2. The lowest BCUT2D eigenvalue weighted by Crippen LogP contribution is -2.31. The van der Waals surface area contributed by atoms with Gasteiger partial charge in [-0.05, 0) is 62.2 Å². The summed E-state index contributed by atoms with van der Waals surface area (Å²) in [5, 5.41) is 19.7. The minimum absolute atomic E-state index is 0.0712. The summed E-state index contributed by atoms with van der Waals surface area (Å²) in [7, 11) is 1.53. The number of carbonyl (C=O) groups is 2. The van der Waals surface area contributed by atoms with Crippen molar-refractivity contribution in [1.29, 1.82) is 5.26 Å². The van der Waals surface area contributed by atoms with Gasteiger partial charge in [-0.3, -0.25) is 9.59 Å². The predicted octanol–water partition coefficient (Wildman–Crippen LogP) is 5.61. The number of nitriles is 1. The van der Waals surface area contributed by atoms with E-state index in [4.69, 9.17) is 9.15 Å². The fraction of sp³-hybridized carbons (Fsp3) is 0.207. The number of rotatable bonds is 8. The van der Waals surface area contributed by atoms with Crippen molar-refractivity contribution in [3.63, 3.8) is 0 Å². The molecule has 2 amide bonds. The number of dihydropyridines is 1. The highest BCUT2D eigenvalue weighted by Crippen LogP contribution is 2.41. The van der Waals surface area contributed by atoms with E-state index in [0.717, 1.165) is 16.8 Å². The molecule has 1 unspecified atom stereocenters. The van der Waals surface area contributed by atoms with Crippen LogP contribution in [0.15, 0.2) is 87.1 Å². The third-order valence-corrected chi connectivity index (χ3v) is 7.32. The number of nitrogens with zero attached hydrogens (tertiary/aromatic N) is 1. The van der Waals surface area contributed by atoms with Crippen molar-refractivity contribution in [3.8, 4) is 11.8 Å². The second-order valence-corrected chi connectivity index (χ2v) is 9.69. The summed E-state index contributed by atoms with van der Waals surface area (Å²) >= 11 is 1.20. The summed E-state index contributed by atoms with van der Waals surface area (Å²) in [6, 6.07) is 18.5. The lowest BCUT2D eigenvalue weighted by molar-refractivity contribution is -0.114. The molecule has 2 heterocycles. The molecule has 4 rings (SSSR count). The first-order valence-electron chi connectivity index (χ1n) is 11.9. The van der Waals surface area contributed by atoms with Gasteiger partial charge >= 0.3 is 0 Å². The quantitative estimate of drug-likeness (QED) is 0.348. The van der Waals surface area contributed by atoms with Crippen molar-refractivity contribution >= 4 is 35.0 Å². The van der Waals surface area contributed by atoms with Gasteiger partial charge in [0.1, 0.15) is 11.5 Å².